The van der Waals surface area contributed by atoms with Gasteiger partial charge in [-0.25, -0.2) is 4.79 Å². The van der Waals surface area contributed by atoms with Crippen molar-refractivity contribution < 1.29 is 9.90 Å². The second kappa shape index (κ2) is 7.53. The molecule has 0 bridgehead atoms. The van der Waals surface area contributed by atoms with Crippen molar-refractivity contribution in [2.75, 3.05) is 0 Å². The maximum atomic E-state index is 9.83. The fourth-order valence-corrected chi connectivity index (χ4v) is 0.151. The standard InChI is InChI=1S/C5H8O2.C3H10Si/c1-3-4(2)5(6)7;1-4(2)3/h2-3H2,1H3,(H,6,7);4H,1-3H3. The molecule has 0 aliphatic rings. The number of carboxylic acids is 1. The van der Waals surface area contributed by atoms with E-state index in [0.29, 0.717) is 6.42 Å². The van der Waals surface area contributed by atoms with Crippen molar-refractivity contribution >= 4 is 14.8 Å². The van der Waals surface area contributed by atoms with E-state index in [2.05, 4.69) is 26.2 Å². The lowest BCUT2D eigenvalue weighted by Gasteiger charge is -1.87. The van der Waals surface area contributed by atoms with E-state index in [-0.39, 0.29) is 14.4 Å². The first-order valence-corrected chi connectivity index (χ1v) is 7.29. The molecular formula is C8H18O2Si. The molecule has 0 aromatic heterocycles. The summed E-state index contributed by atoms with van der Waals surface area (Å²) in [5.74, 6) is -0.900. The molecule has 0 aliphatic heterocycles. The first-order chi connectivity index (χ1) is 4.91. The Morgan fingerprint density at radius 1 is 1.45 bits per heavy atom. The van der Waals surface area contributed by atoms with Crippen molar-refractivity contribution in [1.29, 1.82) is 0 Å². The molecule has 0 aromatic carbocycles. The summed E-state index contributed by atoms with van der Waals surface area (Å²) in [6.45, 7) is 12.0. The van der Waals surface area contributed by atoms with Gasteiger partial charge in [0.2, 0.25) is 0 Å². The van der Waals surface area contributed by atoms with E-state index in [4.69, 9.17) is 5.11 Å². The van der Waals surface area contributed by atoms with Crippen molar-refractivity contribution in [3.05, 3.63) is 12.2 Å². The summed E-state index contributed by atoms with van der Waals surface area (Å²) in [5, 5.41) is 8.08. The largest absolute Gasteiger partial charge is 0.478 e. The lowest BCUT2D eigenvalue weighted by atomic mass is 10.2. The number of hydrogen-bond donors (Lipinski definition) is 1. The van der Waals surface area contributed by atoms with Crippen LogP contribution in [0.3, 0.4) is 0 Å². The maximum absolute atomic E-state index is 9.83. The molecule has 0 unspecified atom stereocenters. The lowest BCUT2D eigenvalue weighted by molar-refractivity contribution is -0.132. The number of carboxylic acid groups (broad SMARTS) is 1. The topological polar surface area (TPSA) is 37.3 Å². The molecule has 3 heteroatoms. The summed E-state index contributed by atoms with van der Waals surface area (Å²) in [6.07, 6.45) is 0.523. The molecule has 2 nitrogen and oxygen atoms in total. The van der Waals surface area contributed by atoms with Crippen LogP contribution in [0.4, 0.5) is 0 Å². The Labute approximate surface area is 70.5 Å². The lowest BCUT2D eigenvalue weighted by Crippen LogP contribution is -1.95. The third-order valence-electron chi connectivity index (χ3n) is 0.729. The summed E-state index contributed by atoms with van der Waals surface area (Å²) in [6, 6.07) is 0. The zero-order valence-electron chi connectivity index (χ0n) is 7.85. The summed E-state index contributed by atoms with van der Waals surface area (Å²) < 4.78 is 0. The summed E-state index contributed by atoms with van der Waals surface area (Å²) >= 11 is 0. The third-order valence-corrected chi connectivity index (χ3v) is 0.729. The molecule has 0 fully saturated rings. The molecule has 0 radical (unpaired) electrons. The molecule has 0 rings (SSSR count). The zero-order chi connectivity index (χ0) is 9.44. The van der Waals surface area contributed by atoms with Gasteiger partial charge in [-0.05, 0) is 6.42 Å². The smallest absolute Gasteiger partial charge is 0.330 e. The normalized spacial score (nSPS) is 8.45. The van der Waals surface area contributed by atoms with Gasteiger partial charge >= 0.3 is 5.97 Å². The average molecular weight is 174 g/mol. The first kappa shape index (κ1) is 13.0. The van der Waals surface area contributed by atoms with E-state index in [1.807, 2.05) is 0 Å². The van der Waals surface area contributed by atoms with E-state index in [0.717, 1.165) is 0 Å². The highest BCUT2D eigenvalue weighted by Crippen LogP contribution is 1.93. The fraction of sp³-hybridized carbons (Fsp3) is 0.625. The van der Waals surface area contributed by atoms with Gasteiger partial charge in [0.1, 0.15) is 0 Å². The predicted octanol–water partition coefficient (Wildman–Crippen LogP) is 2.14. The van der Waals surface area contributed by atoms with Crippen LogP contribution in [0, 0.1) is 0 Å². The van der Waals surface area contributed by atoms with Crippen LogP contribution in [-0.4, -0.2) is 19.9 Å². The molecular weight excluding hydrogens is 156 g/mol. The fourth-order valence-electron chi connectivity index (χ4n) is 0.151. The number of rotatable bonds is 2. The van der Waals surface area contributed by atoms with E-state index < -0.39 is 5.97 Å². The van der Waals surface area contributed by atoms with E-state index in [1.54, 1.807) is 6.92 Å². The van der Waals surface area contributed by atoms with Crippen molar-refractivity contribution in [3.8, 4) is 0 Å². The molecule has 11 heavy (non-hydrogen) atoms. The quantitative estimate of drug-likeness (QED) is 0.514. The Morgan fingerprint density at radius 3 is 1.73 bits per heavy atom. The van der Waals surface area contributed by atoms with Crippen LogP contribution in [-0.2, 0) is 4.79 Å². The summed E-state index contributed by atoms with van der Waals surface area (Å²) in [7, 11) is -0.139. The van der Waals surface area contributed by atoms with Gasteiger partial charge in [-0.2, -0.15) is 0 Å². The molecule has 0 amide bonds. The van der Waals surface area contributed by atoms with E-state index >= 15 is 0 Å². The van der Waals surface area contributed by atoms with Gasteiger partial charge in [-0.15, -0.1) is 0 Å². The van der Waals surface area contributed by atoms with Crippen molar-refractivity contribution in [2.24, 2.45) is 0 Å². The third kappa shape index (κ3) is 17.7. The molecule has 0 saturated heterocycles. The highest BCUT2D eigenvalue weighted by molar-refractivity contribution is 6.54. The highest BCUT2D eigenvalue weighted by Gasteiger charge is 1.96. The average Bonchev–Trinajstić information content (AvgIpc) is 1.85. The molecule has 0 aromatic rings. The van der Waals surface area contributed by atoms with Gasteiger partial charge in [-0.1, -0.05) is 33.1 Å². The Morgan fingerprint density at radius 2 is 1.73 bits per heavy atom. The molecule has 66 valence electrons. The van der Waals surface area contributed by atoms with E-state index in [1.165, 1.54) is 0 Å². The van der Waals surface area contributed by atoms with Gasteiger partial charge in [-0.3, -0.25) is 0 Å². The van der Waals surface area contributed by atoms with Gasteiger partial charge in [0.15, 0.2) is 0 Å². The molecule has 0 aliphatic carbocycles. The Hall–Kier alpha value is -0.573. The van der Waals surface area contributed by atoms with Gasteiger partial charge < -0.3 is 5.11 Å². The predicted molar refractivity (Wildman–Crippen MR) is 51.8 cm³/mol. The van der Waals surface area contributed by atoms with Crippen molar-refractivity contribution in [2.45, 2.75) is 33.0 Å². The summed E-state index contributed by atoms with van der Waals surface area (Å²) in [4.78, 5) is 9.83. The second-order valence-corrected chi connectivity index (χ2v) is 6.46. The molecule has 1 N–H and O–H groups in total. The number of carbonyl (C=O) groups is 1. The van der Waals surface area contributed by atoms with Crippen LogP contribution in [0.1, 0.15) is 13.3 Å². The summed E-state index contributed by atoms with van der Waals surface area (Å²) in [5.41, 5.74) is 0.264. The monoisotopic (exact) mass is 174 g/mol. The minimum atomic E-state index is -0.900. The van der Waals surface area contributed by atoms with Gasteiger partial charge in [0, 0.05) is 14.4 Å². The van der Waals surface area contributed by atoms with Gasteiger partial charge in [0.25, 0.3) is 0 Å². The molecule has 0 spiro atoms. The Bertz CT molecular complexity index is 127. The molecule has 0 atom stereocenters. The second-order valence-electron chi connectivity index (χ2n) is 2.99. The number of aliphatic carboxylic acids is 1. The van der Waals surface area contributed by atoms with Crippen molar-refractivity contribution in [3.63, 3.8) is 0 Å². The Balaban J connectivity index is 0. The van der Waals surface area contributed by atoms with Crippen LogP contribution < -0.4 is 0 Å². The highest BCUT2D eigenvalue weighted by atomic mass is 28.3. The first-order valence-electron chi connectivity index (χ1n) is 3.82. The number of hydrogen-bond acceptors (Lipinski definition) is 1. The Kier molecular flexibility index (Phi) is 8.94. The van der Waals surface area contributed by atoms with Crippen LogP contribution in [0.2, 0.25) is 19.6 Å². The molecule has 0 heterocycles. The van der Waals surface area contributed by atoms with E-state index in [9.17, 15) is 4.79 Å². The van der Waals surface area contributed by atoms with Crippen LogP contribution in [0.25, 0.3) is 0 Å². The SMILES string of the molecule is C=C(CC)C(=O)O.C[SiH](C)C. The van der Waals surface area contributed by atoms with Crippen molar-refractivity contribution in [1.82, 2.24) is 0 Å². The van der Waals surface area contributed by atoms with Crippen LogP contribution >= 0.6 is 0 Å². The zero-order valence-corrected chi connectivity index (χ0v) is 9.00. The minimum absolute atomic E-state index is 0.139. The van der Waals surface area contributed by atoms with Crippen LogP contribution in [0.5, 0.6) is 0 Å². The van der Waals surface area contributed by atoms with Crippen LogP contribution in [0.15, 0.2) is 12.2 Å². The molecule has 0 saturated carbocycles. The maximum Gasteiger partial charge on any atom is 0.330 e. The minimum Gasteiger partial charge on any atom is -0.478 e. The van der Waals surface area contributed by atoms with Gasteiger partial charge in [0.05, 0.1) is 0 Å².